The van der Waals surface area contributed by atoms with Crippen molar-refractivity contribution in [2.24, 2.45) is 0 Å². The van der Waals surface area contributed by atoms with Crippen molar-refractivity contribution < 1.29 is 14.3 Å². The Morgan fingerprint density at radius 3 is 2.56 bits per heavy atom. The Hall–Kier alpha value is -2.62. The summed E-state index contributed by atoms with van der Waals surface area (Å²) < 4.78 is 4.77. The lowest BCUT2D eigenvalue weighted by atomic mass is 10.0. The SMILES string of the molecule is COC(=O)c1ccc([C@H](C)NC(=O)c2ccc3c(c2)CCC3)cc1C. The predicted octanol–water partition coefficient (Wildman–Crippen LogP) is 3.76. The highest BCUT2D eigenvalue weighted by Gasteiger charge is 2.17. The molecule has 2 aromatic carbocycles. The molecule has 0 spiro atoms. The van der Waals surface area contributed by atoms with E-state index in [1.165, 1.54) is 24.7 Å². The van der Waals surface area contributed by atoms with E-state index in [4.69, 9.17) is 4.74 Å². The van der Waals surface area contributed by atoms with Gasteiger partial charge in [-0.15, -0.1) is 0 Å². The molecule has 4 nitrogen and oxygen atoms in total. The van der Waals surface area contributed by atoms with Crippen LogP contribution in [0.4, 0.5) is 0 Å². The van der Waals surface area contributed by atoms with Crippen molar-refractivity contribution in [1.82, 2.24) is 5.32 Å². The number of aryl methyl sites for hydroxylation is 3. The Labute approximate surface area is 148 Å². The summed E-state index contributed by atoms with van der Waals surface area (Å²) in [6.07, 6.45) is 3.34. The van der Waals surface area contributed by atoms with E-state index >= 15 is 0 Å². The van der Waals surface area contributed by atoms with Gasteiger partial charge in [-0.25, -0.2) is 4.79 Å². The van der Waals surface area contributed by atoms with Gasteiger partial charge in [-0.05, 0) is 73.6 Å². The summed E-state index contributed by atoms with van der Waals surface area (Å²) in [6, 6.07) is 11.3. The molecule has 25 heavy (non-hydrogen) atoms. The minimum Gasteiger partial charge on any atom is -0.465 e. The van der Waals surface area contributed by atoms with Gasteiger partial charge < -0.3 is 10.1 Å². The molecule has 1 aliphatic carbocycles. The van der Waals surface area contributed by atoms with Gasteiger partial charge in [0.2, 0.25) is 0 Å². The number of esters is 1. The maximum atomic E-state index is 12.5. The second kappa shape index (κ2) is 7.09. The zero-order chi connectivity index (χ0) is 18.0. The van der Waals surface area contributed by atoms with E-state index in [2.05, 4.69) is 11.4 Å². The van der Waals surface area contributed by atoms with Gasteiger partial charge >= 0.3 is 5.97 Å². The van der Waals surface area contributed by atoms with Crippen LogP contribution in [0, 0.1) is 6.92 Å². The van der Waals surface area contributed by atoms with Crippen molar-refractivity contribution in [1.29, 1.82) is 0 Å². The van der Waals surface area contributed by atoms with E-state index < -0.39 is 0 Å². The highest BCUT2D eigenvalue weighted by atomic mass is 16.5. The maximum Gasteiger partial charge on any atom is 0.338 e. The van der Waals surface area contributed by atoms with Crippen LogP contribution in [-0.2, 0) is 17.6 Å². The first-order valence-corrected chi connectivity index (χ1v) is 8.61. The van der Waals surface area contributed by atoms with E-state index in [0.29, 0.717) is 11.1 Å². The fraction of sp³-hybridized carbons (Fsp3) is 0.333. The molecule has 0 heterocycles. The summed E-state index contributed by atoms with van der Waals surface area (Å²) >= 11 is 0. The summed E-state index contributed by atoms with van der Waals surface area (Å²) in [5, 5.41) is 3.04. The first kappa shape index (κ1) is 17.2. The second-order valence-corrected chi connectivity index (χ2v) is 6.60. The van der Waals surface area contributed by atoms with Crippen molar-refractivity contribution in [3.8, 4) is 0 Å². The minimum absolute atomic E-state index is 0.0723. The summed E-state index contributed by atoms with van der Waals surface area (Å²) in [5.74, 6) is -0.421. The van der Waals surface area contributed by atoms with Gasteiger partial charge in [-0.1, -0.05) is 18.2 Å². The number of carbonyl (C=O) groups excluding carboxylic acids is 2. The van der Waals surface area contributed by atoms with Gasteiger partial charge in [0.05, 0.1) is 18.7 Å². The number of amides is 1. The zero-order valence-electron chi connectivity index (χ0n) is 14.9. The quantitative estimate of drug-likeness (QED) is 0.864. The molecule has 0 saturated heterocycles. The lowest BCUT2D eigenvalue weighted by molar-refractivity contribution is 0.0599. The maximum absolute atomic E-state index is 12.5. The van der Waals surface area contributed by atoms with Crippen molar-refractivity contribution in [3.63, 3.8) is 0 Å². The Morgan fingerprint density at radius 2 is 1.84 bits per heavy atom. The van der Waals surface area contributed by atoms with Gasteiger partial charge in [-0.2, -0.15) is 0 Å². The van der Waals surface area contributed by atoms with E-state index in [1.807, 2.05) is 38.1 Å². The largest absolute Gasteiger partial charge is 0.465 e. The second-order valence-electron chi connectivity index (χ2n) is 6.60. The highest BCUT2D eigenvalue weighted by Crippen LogP contribution is 2.23. The third-order valence-corrected chi connectivity index (χ3v) is 4.86. The molecule has 1 amide bonds. The van der Waals surface area contributed by atoms with Gasteiger partial charge in [0.25, 0.3) is 5.91 Å². The topological polar surface area (TPSA) is 55.4 Å². The molecule has 3 rings (SSSR count). The van der Waals surface area contributed by atoms with E-state index in [1.54, 1.807) is 6.07 Å². The Balaban J connectivity index is 1.73. The predicted molar refractivity (Wildman–Crippen MR) is 96.9 cm³/mol. The third-order valence-electron chi connectivity index (χ3n) is 4.86. The lowest BCUT2D eigenvalue weighted by Gasteiger charge is -2.16. The number of carbonyl (C=O) groups is 2. The van der Waals surface area contributed by atoms with Crippen molar-refractivity contribution in [2.75, 3.05) is 7.11 Å². The van der Waals surface area contributed by atoms with E-state index in [9.17, 15) is 9.59 Å². The Bertz CT molecular complexity index is 826. The molecule has 1 atom stereocenters. The van der Waals surface area contributed by atoms with Crippen LogP contribution in [0.5, 0.6) is 0 Å². The smallest absolute Gasteiger partial charge is 0.338 e. The molecule has 0 fully saturated rings. The molecule has 1 N–H and O–H groups in total. The summed E-state index contributed by atoms with van der Waals surface area (Å²) in [6.45, 7) is 3.81. The van der Waals surface area contributed by atoms with Gasteiger partial charge in [-0.3, -0.25) is 4.79 Å². The molecule has 2 aromatic rings. The zero-order valence-corrected chi connectivity index (χ0v) is 14.9. The fourth-order valence-electron chi connectivity index (χ4n) is 3.37. The molecular weight excluding hydrogens is 314 g/mol. The van der Waals surface area contributed by atoms with E-state index in [-0.39, 0.29) is 17.9 Å². The Morgan fingerprint density at radius 1 is 1.08 bits per heavy atom. The van der Waals surface area contributed by atoms with Crippen LogP contribution in [0.25, 0.3) is 0 Å². The van der Waals surface area contributed by atoms with Gasteiger partial charge in [0, 0.05) is 5.56 Å². The van der Waals surface area contributed by atoms with Crippen molar-refractivity contribution >= 4 is 11.9 Å². The molecule has 0 aliphatic heterocycles. The monoisotopic (exact) mass is 337 g/mol. The molecule has 4 heteroatoms. The van der Waals surface area contributed by atoms with Crippen molar-refractivity contribution in [2.45, 2.75) is 39.2 Å². The van der Waals surface area contributed by atoms with Gasteiger partial charge in [0.1, 0.15) is 0 Å². The molecule has 130 valence electrons. The van der Waals surface area contributed by atoms with Crippen molar-refractivity contribution in [3.05, 3.63) is 69.8 Å². The van der Waals surface area contributed by atoms with E-state index in [0.717, 1.165) is 24.0 Å². The van der Waals surface area contributed by atoms with Crippen LogP contribution in [0.2, 0.25) is 0 Å². The first-order chi connectivity index (χ1) is 12.0. The number of hydrogen-bond donors (Lipinski definition) is 1. The van der Waals surface area contributed by atoms with Crippen LogP contribution in [0.1, 0.15) is 62.4 Å². The summed E-state index contributed by atoms with van der Waals surface area (Å²) in [7, 11) is 1.37. The van der Waals surface area contributed by atoms with Crippen LogP contribution < -0.4 is 5.32 Å². The Kier molecular flexibility index (Phi) is 4.88. The molecule has 0 aromatic heterocycles. The third kappa shape index (κ3) is 3.58. The van der Waals surface area contributed by atoms with Gasteiger partial charge in [0.15, 0.2) is 0 Å². The molecule has 0 unspecified atom stereocenters. The highest BCUT2D eigenvalue weighted by molar-refractivity contribution is 5.95. The van der Waals surface area contributed by atoms with Crippen LogP contribution in [0.15, 0.2) is 36.4 Å². The number of methoxy groups -OCH3 is 1. The van der Waals surface area contributed by atoms with Crippen LogP contribution in [0.3, 0.4) is 0 Å². The average Bonchev–Trinajstić information content (AvgIpc) is 3.08. The fourth-order valence-corrected chi connectivity index (χ4v) is 3.37. The number of fused-ring (bicyclic) bond motifs is 1. The lowest BCUT2D eigenvalue weighted by Crippen LogP contribution is -2.27. The summed E-state index contributed by atoms with van der Waals surface area (Å²) in [5.41, 5.74) is 5.69. The summed E-state index contributed by atoms with van der Waals surface area (Å²) in [4.78, 5) is 24.2. The van der Waals surface area contributed by atoms with Crippen LogP contribution in [-0.4, -0.2) is 19.0 Å². The molecule has 0 saturated carbocycles. The molecular formula is C21H23NO3. The number of rotatable bonds is 4. The first-order valence-electron chi connectivity index (χ1n) is 8.61. The number of benzene rings is 2. The standard InChI is InChI=1S/C21H23NO3/c1-13-11-16(9-10-19(13)21(24)25-3)14(2)22-20(23)18-8-7-15-5-4-6-17(15)12-18/h7-12,14H,4-6H2,1-3H3,(H,22,23)/t14-/m0/s1. The average molecular weight is 337 g/mol. The minimum atomic E-state index is -0.348. The molecule has 1 aliphatic rings. The normalized spacial score (nSPS) is 13.9. The number of ether oxygens (including phenoxy) is 1. The van der Waals surface area contributed by atoms with Crippen LogP contribution >= 0.6 is 0 Å². The molecule has 0 radical (unpaired) electrons. The number of nitrogens with one attached hydrogen (secondary N) is 1. The molecule has 0 bridgehead atoms. The number of hydrogen-bond acceptors (Lipinski definition) is 3.